The second-order valence-electron chi connectivity index (χ2n) is 4.21. The van der Waals surface area contributed by atoms with Crippen LogP contribution in [0, 0.1) is 0 Å². The zero-order valence-corrected chi connectivity index (χ0v) is 9.60. The first kappa shape index (κ1) is 11.1. The van der Waals surface area contributed by atoms with E-state index in [4.69, 9.17) is 4.74 Å². The lowest BCUT2D eigenvalue weighted by Gasteiger charge is -2.13. The van der Waals surface area contributed by atoms with Crippen molar-refractivity contribution in [2.45, 2.75) is 25.4 Å². The van der Waals surface area contributed by atoms with Gasteiger partial charge in [-0.05, 0) is 12.8 Å². The Morgan fingerprint density at radius 2 is 2.12 bits per heavy atom. The maximum atomic E-state index is 11.7. The van der Waals surface area contributed by atoms with Crippen LogP contribution in [0.1, 0.15) is 18.5 Å². The molecule has 1 aliphatic heterocycles. The number of hydrogen-bond acceptors (Lipinski definition) is 3. The fraction of sp³-hybridized carbons (Fsp3) is 0.636. The number of ether oxygens (including phenoxy) is 1. The van der Waals surface area contributed by atoms with Crippen LogP contribution in [-0.4, -0.2) is 21.8 Å². The van der Waals surface area contributed by atoms with Crippen molar-refractivity contribution in [3.05, 3.63) is 32.6 Å². The van der Waals surface area contributed by atoms with Crippen LogP contribution in [0.25, 0.3) is 0 Å². The summed E-state index contributed by atoms with van der Waals surface area (Å²) in [6.07, 6.45) is 2.85. The van der Waals surface area contributed by atoms with E-state index in [1.807, 2.05) is 0 Å². The average Bonchev–Trinajstić information content (AvgIpc) is 2.76. The first-order chi connectivity index (χ1) is 7.59. The third-order valence-corrected chi connectivity index (χ3v) is 3.09. The van der Waals surface area contributed by atoms with Gasteiger partial charge in [0.1, 0.15) is 0 Å². The van der Waals surface area contributed by atoms with E-state index in [1.54, 1.807) is 7.05 Å². The lowest BCUT2D eigenvalue weighted by molar-refractivity contribution is 0.110. The van der Waals surface area contributed by atoms with Crippen LogP contribution >= 0.6 is 0 Å². The SMILES string of the molecule is Cn1c(C[C@@H]2CCCO2)cc(=O)n(C)c1=O. The molecule has 0 aliphatic carbocycles. The van der Waals surface area contributed by atoms with Gasteiger partial charge in [-0.3, -0.25) is 9.36 Å². The van der Waals surface area contributed by atoms with E-state index in [1.165, 1.54) is 17.7 Å². The quantitative estimate of drug-likeness (QED) is 0.699. The number of rotatable bonds is 2. The summed E-state index contributed by atoms with van der Waals surface area (Å²) in [5.41, 5.74) is 0.219. The first-order valence-corrected chi connectivity index (χ1v) is 5.47. The molecule has 1 aliphatic rings. The van der Waals surface area contributed by atoms with Gasteiger partial charge < -0.3 is 9.30 Å². The zero-order valence-electron chi connectivity index (χ0n) is 9.60. The molecular formula is C11H16N2O3. The Kier molecular flexibility index (Phi) is 2.96. The summed E-state index contributed by atoms with van der Waals surface area (Å²) in [5.74, 6) is 0. The van der Waals surface area contributed by atoms with E-state index in [0.717, 1.165) is 29.7 Å². The molecule has 1 fully saturated rings. The van der Waals surface area contributed by atoms with Crippen molar-refractivity contribution in [2.24, 2.45) is 14.1 Å². The third-order valence-electron chi connectivity index (χ3n) is 3.09. The van der Waals surface area contributed by atoms with Gasteiger partial charge >= 0.3 is 5.69 Å². The van der Waals surface area contributed by atoms with Gasteiger partial charge in [0.2, 0.25) is 0 Å². The second kappa shape index (κ2) is 4.25. The highest BCUT2D eigenvalue weighted by atomic mass is 16.5. The van der Waals surface area contributed by atoms with E-state index in [0.29, 0.717) is 6.42 Å². The minimum atomic E-state index is -0.277. The Bertz CT molecular complexity index is 495. The van der Waals surface area contributed by atoms with Crippen molar-refractivity contribution < 1.29 is 4.74 Å². The molecule has 0 spiro atoms. The molecule has 0 amide bonds. The summed E-state index contributed by atoms with van der Waals surface area (Å²) in [6, 6.07) is 1.52. The van der Waals surface area contributed by atoms with Crippen molar-refractivity contribution in [2.75, 3.05) is 6.61 Å². The predicted molar refractivity (Wildman–Crippen MR) is 59.6 cm³/mol. The summed E-state index contributed by atoms with van der Waals surface area (Å²) in [6.45, 7) is 0.781. The summed E-state index contributed by atoms with van der Waals surface area (Å²) in [7, 11) is 3.17. The van der Waals surface area contributed by atoms with E-state index in [2.05, 4.69) is 0 Å². The topological polar surface area (TPSA) is 53.2 Å². The van der Waals surface area contributed by atoms with E-state index in [9.17, 15) is 9.59 Å². The Morgan fingerprint density at radius 3 is 2.75 bits per heavy atom. The minimum absolute atomic E-state index is 0.151. The summed E-state index contributed by atoms with van der Waals surface area (Å²) >= 11 is 0. The Labute approximate surface area is 93.3 Å². The van der Waals surface area contributed by atoms with Crippen LogP contribution in [0.15, 0.2) is 15.7 Å². The molecule has 0 N–H and O–H groups in total. The first-order valence-electron chi connectivity index (χ1n) is 5.47. The van der Waals surface area contributed by atoms with Crippen molar-refractivity contribution >= 4 is 0 Å². The van der Waals surface area contributed by atoms with Crippen LogP contribution in [-0.2, 0) is 25.3 Å². The van der Waals surface area contributed by atoms with Gasteiger partial charge in [-0.25, -0.2) is 4.79 Å². The minimum Gasteiger partial charge on any atom is -0.378 e. The van der Waals surface area contributed by atoms with Crippen molar-refractivity contribution in [3.8, 4) is 0 Å². The van der Waals surface area contributed by atoms with E-state index in [-0.39, 0.29) is 17.4 Å². The molecule has 1 aromatic rings. The Morgan fingerprint density at radius 1 is 1.38 bits per heavy atom. The predicted octanol–water partition coefficient (Wildman–Crippen LogP) is -0.195. The second-order valence-corrected chi connectivity index (χ2v) is 4.21. The molecule has 1 aromatic heterocycles. The van der Waals surface area contributed by atoms with Crippen LogP contribution in [0.3, 0.4) is 0 Å². The van der Waals surface area contributed by atoms with Crippen LogP contribution in [0.5, 0.6) is 0 Å². The van der Waals surface area contributed by atoms with Gasteiger partial charge in [-0.2, -0.15) is 0 Å². The summed E-state index contributed by atoms with van der Waals surface area (Å²) in [4.78, 5) is 23.2. The Balaban J connectivity index is 2.34. The van der Waals surface area contributed by atoms with E-state index >= 15 is 0 Å². The molecule has 0 unspecified atom stereocenters. The van der Waals surface area contributed by atoms with Crippen molar-refractivity contribution in [3.63, 3.8) is 0 Å². The molecule has 0 saturated carbocycles. The molecule has 1 atom stereocenters. The number of aromatic nitrogens is 2. The Hall–Kier alpha value is -1.36. The maximum Gasteiger partial charge on any atom is 0.330 e. The number of hydrogen-bond donors (Lipinski definition) is 0. The lowest BCUT2D eigenvalue weighted by Crippen LogP contribution is -2.38. The lowest BCUT2D eigenvalue weighted by atomic mass is 10.1. The molecule has 2 rings (SSSR count). The molecule has 88 valence electrons. The van der Waals surface area contributed by atoms with Crippen molar-refractivity contribution in [1.82, 2.24) is 9.13 Å². The molecule has 1 saturated heterocycles. The van der Waals surface area contributed by atoms with Gasteiger partial charge in [0, 0.05) is 38.9 Å². The summed E-state index contributed by atoms with van der Waals surface area (Å²) in [5, 5.41) is 0. The van der Waals surface area contributed by atoms with Crippen LogP contribution < -0.4 is 11.2 Å². The standard InChI is InChI=1S/C11H16N2O3/c1-12-8(6-9-4-3-5-16-9)7-10(14)13(2)11(12)15/h7,9H,3-6H2,1-2H3/t9-/m0/s1. The molecule has 0 bridgehead atoms. The number of nitrogens with zero attached hydrogens (tertiary/aromatic N) is 2. The highest BCUT2D eigenvalue weighted by Gasteiger charge is 2.18. The fourth-order valence-corrected chi connectivity index (χ4v) is 2.01. The monoisotopic (exact) mass is 224 g/mol. The fourth-order valence-electron chi connectivity index (χ4n) is 2.01. The molecule has 0 radical (unpaired) electrons. The molecule has 16 heavy (non-hydrogen) atoms. The maximum absolute atomic E-state index is 11.7. The van der Waals surface area contributed by atoms with Crippen LogP contribution in [0.4, 0.5) is 0 Å². The van der Waals surface area contributed by atoms with Crippen molar-refractivity contribution in [1.29, 1.82) is 0 Å². The largest absolute Gasteiger partial charge is 0.378 e. The summed E-state index contributed by atoms with van der Waals surface area (Å²) < 4.78 is 8.12. The highest BCUT2D eigenvalue weighted by molar-refractivity contribution is 5.04. The van der Waals surface area contributed by atoms with Gasteiger partial charge in [-0.1, -0.05) is 0 Å². The average molecular weight is 224 g/mol. The molecule has 2 heterocycles. The molecule has 5 nitrogen and oxygen atoms in total. The smallest absolute Gasteiger partial charge is 0.330 e. The third kappa shape index (κ3) is 1.95. The normalized spacial score (nSPS) is 20.2. The van der Waals surface area contributed by atoms with Gasteiger partial charge in [0.15, 0.2) is 0 Å². The zero-order chi connectivity index (χ0) is 11.7. The molecular weight excluding hydrogens is 208 g/mol. The molecule has 5 heteroatoms. The van der Waals surface area contributed by atoms with Gasteiger partial charge in [-0.15, -0.1) is 0 Å². The van der Waals surface area contributed by atoms with Gasteiger partial charge in [0.25, 0.3) is 5.56 Å². The van der Waals surface area contributed by atoms with Crippen LogP contribution in [0.2, 0.25) is 0 Å². The van der Waals surface area contributed by atoms with Gasteiger partial charge in [0.05, 0.1) is 6.10 Å². The van der Waals surface area contributed by atoms with E-state index < -0.39 is 0 Å². The molecule has 0 aromatic carbocycles. The highest BCUT2D eigenvalue weighted by Crippen LogP contribution is 2.15.